The number of rotatable bonds is 9. The van der Waals surface area contributed by atoms with Gasteiger partial charge in [0.05, 0.1) is 0 Å². The van der Waals surface area contributed by atoms with Gasteiger partial charge in [-0.3, -0.25) is 4.21 Å². The van der Waals surface area contributed by atoms with Crippen LogP contribution in [0.25, 0.3) is 0 Å². The molecule has 0 bridgehead atoms. The maximum atomic E-state index is 12.5. The molecule has 3 heteroatoms. The van der Waals surface area contributed by atoms with Crippen LogP contribution in [0.15, 0.2) is 24.3 Å². The zero-order valence-electron chi connectivity index (χ0n) is 14.2. The second kappa shape index (κ2) is 9.37. The van der Waals surface area contributed by atoms with Crippen molar-refractivity contribution in [3.05, 3.63) is 35.4 Å². The van der Waals surface area contributed by atoms with Crippen LogP contribution >= 0.6 is 0 Å². The molecule has 1 aromatic carbocycles. The fourth-order valence-electron chi connectivity index (χ4n) is 2.20. The Hall–Kier alpha value is -0.670. The summed E-state index contributed by atoms with van der Waals surface area (Å²) in [6.07, 6.45) is 2.15. The van der Waals surface area contributed by atoms with E-state index in [1.54, 1.807) is 0 Å². The van der Waals surface area contributed by atoms with Gasteiger partial charge in [-0.25, -0.2) is 0 Å². The number of hydrogen-bond acceptors (Lipinski definition) is 2. The predicted octanol–water partition coefficient (Wildman–Crippen LogP) is 4.08. The summed E-state index contributed by atoms with van der Waals surface area (Å²) < 4.78 is 12.5. The first-order chi connectivity index (χ1) is 9.99. The SMILES string of the molecule is CCCNC(CS(=O)C(C)C(C)C)c1ccc(CC)cc1. The quantitative estimate of drug-likeness (QED) is 0.744. The molecule has 0 saturated heterocycles. The van der Waals surface area contributed by atoms with Crippen LogP contribution in [0.4, 0.5) is 0 Å². The minimum absolute atomic E-state index is 0.192. The summed E-state index contributed by atoms with van der Waals surface area (Å²) in [4.78, 5) is 0. The van der Waals surface area contributed by atoms with E-state index in [2.05, 4.69) is 64.2 Å². The van der Waals surface area contributed by atoms with E-state index in [1.807, 2.05) is 0 Å². The molecule has 1 aromatic rings. The minimum atomic E-state index is -0.799. The summed E-state index contributed by atoms with van der Waals surface area (Å²) in [6.45, 7) is 11.7. The third-order valence-corrected chi connectivity index (χ3v) is 6.15. The highest BCUT2D eigenvalue weighted by atomic mass is 32.2. The van der Waals surface area contributed by atoms with Crippen LogP contribution in [-0.2, 0) is 17.2 Å². The molecule has 0 radical (unpaired) electrons. The number of aryl methyl sites for hydroxylation is 1. The molecule has 120 valence electrons. The van der Waals surface area contributed by atoms with E-state index in [9.17, 15) is 4.21 Å². The summed E-state index contributed by atoms with van der Waals surface area (Å²) in [6, 6.07) is 8.93. The van der Waals surface area contributed by atoms with Gasteiger partial charge in [-0.1, -0.05) is 58.9 Å². The molecule has 0 saturated carbocycles. The van der Waals surface area contributed by atoms with Crippen molar-refractivity contribution >= 4 is 10.8 Å². The van der Waals surface area contributed by atoms with Gasteiger partial charge in [0.15, 0.2) is 0 Å². The molecule has 1 rings (SSSR count). The zero-order valence-corrected chi connectivity index (χ0v) is 15.0. The normalized spacial score (nSPS) is 15.9. The highest BCUT2D eigenvalue weighted by molar-refractivity contribution is 7.85. The van der Waals surface area contributed by atoms with Crippen molar-refractivity contribution in [1.29, 1.82) is 0 Å². The molecule has 2 nitrogen and oxygen atoms in total. The van der Waals surface area contributed by atoms with E-state index in [0.29, 0.717) is 11.7 Å². The van der Waals surface area contributed by atoms with Crippen molar-refractivity contribution in [3.63, 3.8) is 0 Å². The van der Waals surface area contributed by atoms with E-state index in [1.165, 1.54) is 11.1 Å². The molecule has 0 spiro atoms. The predicted molar refractivity (Wildman–Crippen MR) is 94.2 cm³/mol. The third-order valence-electron chi connectivity index (χ3n) is 4.12. The van der Waals surface area contributed by atoms with Gasteiger partial charge in [-0.2, -0.15) is 0 Å². The molecule has 0 aliphatic heterocycles. The Morgan fingerprint density at radius 3 is 2.19 bits per heavy atom. The van der Waals surface area contributed by atoms with Gasteiger partial charge >= 0.3 is 0 Å². The first-order valence-electron chi connectivity index (χ1n) is 8.18. The van der Waals surface area contributed by atoms with Crippen LogP contribution in [0.3, 0.4) is 0 Å². The van der Waals surface area contributed by atoms with Crippen LogP contribution < -0.4 is 5.32 Å². The summed E-state index contributed by atoms with van der Waals surface area (Å²) in [5, 5.41) is 3.80. The monoisotopic (exact) mass is 309 g/mol. The molecule has 0 aliphatic carbocycles. The molecular weight excluding hydrogens is 278 g/mol. The fourth-order valence-corrected chi connectivity index (χ4v) is 3.75. The summed E-state index contributed by atoms with van der Waals surface area (Å²) in [5.41, 5.74) is 2.61. The van der Waals surface area contributed by atoms with Crippen molar-refractivity contribution in [2.24, 2.45) is 5.92 Å². The first kappa shape index (κ1) is 18.4. The van der Waals surface area contributed by atoms with Crippen molar-refractivity contribution in [2.45, 2.75) is 58.8 Å². The molecule has 21 heavy (non-hydrogen) atoms. The zero-order chi connectivity index (χ0) is 15.8. The minimum Gasteiger partial charge on any atom is -0.309 e. The average Bonchev–Trinajstić information content (AvgIpc) is 2.50. The van der Waals surface area contributed by atoms with E-state index in [-0.39, 0.29) is 11.3 Å². The lowest BCUT2D eigenvalue weighted by Gasteiger charge is -2.22. The highest BCUT2D eigenvalue weighted by Gasteiger charge is 2.20. The standard InChI is InChI=1S/C18H31NOS/c1-6-12-19-18(13-21(20)15(5)14(3)4)17-10-8-16(7-2)9-11-17/h8-11,14-15,18-19H,6-7,12-13H2,1-5H3. The Kier molecular flexibility index (Phi) is 8.20. The van der Waals surface area contributed by atoms with Gasteiger partial charge in [0.2, 0.25) is 0 Å². The summed E-state index contributed by atoms with van der Waals surface area (Å²) in [5.74, 6) is 1.16. The molecule has 1 N–H and O–H groups in total. The molecule has 0 fully saturated rings. The summed E-state index contributed by atoms with van der Waals surface area (Å²) in [7, 11) is -0.799. The van der Waals surface area contributed by atoms with Gasteiger partial charge in [0, 0.05) is 27.8 Å². The molecule has 0 aliphatic rings. The molecule has 0 aromatic heterocycles. The molecular formula is C18H31NOS. The third kappa shape index (κ3) is 5.91. The largest absolute Gasteiger partial charge is 0.309 e. The number of hydrogen-bond donors (Lipinski definition) is 1. The molecule has 3 unspecified atom stereocenters. The van der Waals surface area contributed by atoms with Gasteiger partial charge in [0.1, 0.15) is 0 Å². The molecule has 3 atom stereocenters. The molecule has 0 amide bonds. The van der Waals surface area contributed by atoms with Crippen LogP contribution in [0.1, 0.15) is 58.2 Å². The van der Waals surface area contributed by atoms with Crippen LogP contribution in [0.2, 0.25) is 0 Å². The van der Waals surface area contributed by atoms with Gasteiger partial charge < -0.3 is 5.32 Å². The van der Waals surface area contributed by atoms with Crippen LogP contribution in [0, 0.1) is 5.92 Å². The summed E-state index contributed by atoms with van der Waals surface area (Å²) >= 11 is 0. The topological polar surface area (TPSA) is 29.1 Å². The van der Waals surface area contributed by atoms with Crippen molar-refractivity contribution in [3.8, 4) is 0 Å². The Morgan fingerprint density at radius 1 is 1.10 bits per heavy atom. The Labute approximate surface area is 133 Å². The number of benzene rings is 1. The second-order valence-electron chi connectivity index (χ2n) is 6.10. The van der Waals surface area contributed by atoms with Crippen molar-refractivity contribution < 1.29 is 4.21 Å². The Morgan fingerprint density at radius 2 is 1.71 bits per heavy atom. The fraction of sp³-hybridized carbons (Fsp3) is 0.667. The van der Waals surface area contributed by atoms with Gasteiger partial charge in [-0.15, -0.1) is 0 Å². The van der Waals surface area contributed by atoms with Crippen molar-refractivity contribution in [1.82, 2.24) is 5.32 Å². The highest BCUT2D eigenvalue weighted by Crippen LogP contribution is 2.19. The lowest BCUT2D eigenvalue weighted by atomic mass is 10.0. The number of nitrogens with one attached hydrogen (secondary N) is 1. The smallest absolute Gasteiger partial charge is 0.0436 e. The lowest BCUT2D eigenvalue weighted by Crippen LogP contribution is -2.31. The average molecular weight is 310 g/mol. The van der Waals surface area contributed by atoms with E-state index >= 15 is 0 Å². The van der Waals surface area contributed by atoms with Crippen LogP contribution in [-0.4, -0.2) is 21.8 Å². The first-order valence-corrected chi connectivity index (χ1v) is 9.57. The van der Waals surface area contributed by atoms with E-state index in [4.69, 9.17) is 0 Å². The van der Waals surface area contributed by atoms with Gasteiger partial charge in [-0.05, 0) is 36.4 Å². The Bertz CT molecular complexity index is 427. The Balaban J connectivity index is 2.81. The second-order valence-corrected chi connectivity index (χ2v) is 7.94. The van der Waals surface area contributed by atoms with Crippen LogP contribution in [0.5, 0.6) is 0 Å². The lowest BCUT2D eigenvalue weighted by molar-refractivity contribution is 0.558. The van der Waals surface area contributed by atoms with E-state index in [0.717, 1.165) is 19.4 Å². The molecule has 0 heterocycles. The van der Waals surface area contributed by atoms with E-state index < -0.39 is 10.8 Å². The maximum Gasteiger partial charge on any atom is 0.0436 e. The maximum absolute atomic E-state index is 12.5. The van der Waals surface area contributed by atoms with Gasteiger partial charge in [0.25, 0.3) is 0 Å². The van der Waals surface area contributed by atoms with Crippen molar-refractivity contribution in [2.75, 3.05) is 12.3 Å².